The minimum Gasteiger partial charge on any atom is -0.483 e. The molecule has 0 fully saturated rings. The second kappa shape index (κ2) is 10.1. The number of aromatic nitrogens is 4. The third-order valence-electron chi connectivity index (χ3n) is 4.68. The monoisotopic (exact) mass is 474 g/mol. The van der Waals surface area contributed by atoms with Crippen molar-refractivity contribution in [3.8, 4) is 22.5 Å². The molecule has 9 nitrogen and oxygen atoms in total. The van der Waals surface area contributed by atoms with E-state index in [-0.39, 0.29) is 6.47 Å². The van der Waals surface area contributed by atoms with Crippen LogP contribution in [0.5, 0.6) is 0 Å². The second-order valence-corrected chi connectivity index (χ2v) is 7.19. The average Bonchev–Trinajstić information content (AvgIpc) is 3.34. The molecule has 0 radical (unpaired) electrons. The summed E-state index contributed by atoms with van der Waals surface area (Å²) in [5, 5.41) is 15.5. The Bertz CT molecular complexity index is 1310. The number of pyridine rings is 1. The Labute approximate surface area is 191 Å². The summed E-state index contributed by atoms with van der Waals surface area (Å²) in [4.78, 5) is 24.6. The number of amides is 2. The van der Waals surface area contributed by atoms with E-state index in [1.54, 1.807) is 29.7 Å². The van der Waals surface area contributed by atoms with E-state index in [9.17, 15) is 18.0 Å². The SMILES string of the molecule is Cc1cc(-c2ccn3c(-c4cccc(NC(=O)NCC(F)(F)F)c4)cnc3c2)n(C)n1.O=CO. The smallest absolute Gasteiger partial charge is 0.405 e. The van der Waals surface area contributed by atoms with Gasteiger partial charge in [-0.05, 0) is 37.3 Å². The van der Waals surface area contributed by atoms with Crippen molar-refractivity contribution in [2.45, 2.75) is 13.1 Å². The molecule has 1 aromatic carbocycles. The number of hydrogen-bond acceptors (Lipinski definition) is 4. The maximum atomic E-state index is 12.3. The van der Waals surface area contributed by atoms with E-state index in [4.69, 9.17) is 9.90 Å². The van der Waals surface area contributed by atoms with Crippen LogP contribution in [0.2, 0.25) is 0 Å². The molecule has 0 aliphatic carbocycles. The summed E-state index contributed by atoms with van der Waals surface area (Å²) in [7, 11) is 1.88. The van der Waals surface area contributed by atoms with Crippen LogP contribution in [-0.2, 0) is 11.8 Å². The van der Waals surface area contributed by atoms with E-state index >= 15 is 0 Å². The fraction of sp³-hybridized carbons (Fsp3) is 0.182. The molecule has 0 aliphatic rings. The molecule has 0 spiro atoms. The van der Waals surface area contributed by atoms with Gasteiger partial charge in [0.25, 0.3) is 6.47 Å². The van der Waals surface area contributed by atoms with Gasteiger partial charge < -0.3 is 15.7 Å². The Morgan fingerprint density at radius 2 is 1.85 bits per heavy atom. The van der Waals surface area contributed by atoms with Gasteiger partial charge in [0.15, 0.2) is 0 Å². The summed E-state index contributed by atoms with van der Waals surface area (Å²) >= 11 is 0. The fourth-order valence-electron chi connectivity index (χ4n) is 3.35. The van der Waals surface area contributed by atoms with Gasteiger partial charge in [-0.25, -0.2) is 9.78 Å². The highest BCUT2D eigenvalue weighted by Crippen LogP contribution is 2.27. The van der Waals surface area contributed by atoms with E-state index in [0.717, 1.165) is 33.9 Å². The molecule has 0 saturated heterocycles. The fourth-order valence-corrected chi connectivity index (χ4v) is 3.35. The maximum absolute atomic E-state index is 12.3. The maximum Gasteiger partial charge on any atom is 0.405 e. The summed E-state index contributed by atoms with van der Waals surface area (Å²) in [5.74, 6) is 0. The number of carbonyl (C=O) groups excluding carboxylic acids is 1. The quantitative estimate of drug-likeness (QED) is 0.386. The molecule has 0 saturated carbocycles. The highest BCUT2D eigenvalue weighted by atomic mass is 19.4. The Morgan fingerprint density at radius 1 is 1.15 bits per heavy atom. The summed E-state index contributed by atoms with van der Waals surface area (Å²) in [5.41, 5.74) is 5.50. The van der Waals surface area contributed by atoms with Gasteiger partial charge in [0.2, 0.25) is 0 Å². The van der Waals surface area contributed by atoms with Crippen LogP contribution in [0, 0.1) is 6.92 Å². The predicted molar refractivity (Wildman–Crippen MR) is 119 cm³/mol. The van der Waals surface area contributed by atoms with Gasteiger partial charge in [-0.2, -0.15) is 18.3 Å². The number of hydrogen-bond donors (Lipinski definition) is 3. The Morgan fingerprint density at radius 3 is 2.50 bits per heavy atom. The van der Waals surface area contributed by atoms with Crippen molar-refractivity contribution in [1.29, 1.82) is 0 Å². The van der Waals surface area contributed by atoms with Gasteiger partial charge in [-0.3, -0.25) is 13.9 Å². The van der Waals surface area contributed by atoms with Crippen LogP contribution in [0.25, 0.3) is 28.2 Å². The van der Waals surface area contributed by atoms with Crippen molar-refractivity contribution in [2.75, 3.05) is 11.9 Å². The summed E-state index contributed by atoms with van der Waals surface area (Å²) in [6.07, 6.45) is -0.870. The van der Waals surface area contributed by atoms with Crippen molar-refractivity contribution in [3.63, 3.8) is 0 Å². The van der Waals surface area contributed by atoms with Gasteiger partial charge in [0, 0.05) is 30.1 Å². The number of nitrogens with one attached hydrogen (secondary N) is 2. The number of anilines is 1. The third-order valence-corrected chi connectivity index (χ3v) is 4.68. The molecule has 0 unspecified atom stereocenters. The number of carbonyl (C=O) groups is 2. The van der Waals surface area contributed by atoms with Crippen molar-refractivity contribution < 1.29 is 27.9 Å². The summed E-state index contributed by atoms with van der Waals surface area (Å²) in [6, 6.07) is 11.8. The van der Waals surface area contributed by atoms with Gasteiger partial charge in [-0.1, -0.05) is 12.1 Å². The molecule has 4 rings (SSSR count). The molecule has 0 bridgehead atoms. The highest BCUT2D eigenvalue weighted by molar-refractivity contribution is 5.90. The number of benzene rings is 1. The van der Waals surface area contributed by atoms with Crippen LogP contribution in [0.15, 0.2) is 54.9 Å². The summed E-state index contributed by atoms with van der Waals surface area (Å²) in [6.45, 7) is 0.282. The second-order valence-electron chi connectivity index (χ2n) is 7.19. The van der Waals surface area contributed by atoms with Gasteiger partial charge in [0.1, 0.15) is 12.2 Å². The largest absolute Gasteiger partial charge is 0.483 e. The number of aryl methyl sites for hydroxylation is 2. The number of carboxylic acid groups (broad SMARTS) is 1. The minimum absolute atomic E-state index is 0.250. The number of rotatable bonds is 4. The number of urea groups is 1. The van der Waals surface area contributed by atoms with Crippen LogP contribution in [-0.4, -0.2) is 49.5 Å². The molecular weight excluding hydrogens is 453 g/mol. The molecule has 4 aromatic rings. The highest BCUT2D eigenvalue weighted by Gasteiger charge is 2.27. The van der Waals surface area contributed by atoms with Gasteiger partial charge >= 0.3 is 12.2 Å². The van der Waals surface area contributed by atoms with E-state index in [1.165, 1.54) is 0 Å². The molecule has 12 heteroatoms. The first-order chi connectivity index (χ1) is 16.1. The van der Waals surface area contributed by atoms with Crippen LogP contribution in [0.1, 0.15) is 5.69 Å². The molecule has 3 N–H and O–H groups in total. The number of fused-ring (bicyclic) bond motifs is 1. The van der Waals surface area contributed by atoms with Crippen molar-refractivity contribution in [3.05, 3.63) is 60.6 Å². The predicted octanol–water partition coefficient (Wildman–Crippen LogP) is 4.09. The Kier molecular flexibility index (Phi) is 7.19. The van der Waals surface area contributed by atoms with Gasteiger partial charge in [0.05, 0.1) is 23.3 Å². The minimum atomic E-state index is -4.47. The lowest BCUT2D eigenvalue weighted by molar-refractivity contribution is -0.123. The first kappa shape index (κ1) is 24.3. The summed E-state index contributed by atoms with van der Waals surface area (Å²) < 4.78 is 40.5. The first-order valence-corrected chi connectivity index (χ1v) is 9.89. The molecule has 0 atom stereocenters. The lowest BCUT2D eigenvalue weighted by Crippen LogP contribution is -2.36. The third kappa shape index (κ3) is 5.91. The topological polar surface area (TPSA) is 114 Å². The van der Waals surface area contributed by atoms with E-state index in [1.807, 2.05) is 53.5 Å². The van der Waals surface area contributed by atoms with Gasteiger partial charge in [-0.15, -0.1) is 0 Å². The van der Waals surface area contributed by atoms with Crippen LogP contribution < -0.4 is 10.6 Å². The van der Waals surface area contributed by atoms with Crippen molar-refractivity contribution >= 4 is 23.8 Å². The number of halogens is 3. The lowest BCUT2D eigenvalue weighted by atomic mass is 10.1. The first-order valence-electron chi connectivity index (χ1n) is 9.89. The van der Waals surface area contributed by atoms with Crippen molar-refractivity contribution in [1.82, 2.24) is 24.5 Å². The van der Waals surface area contributed by atoms with Crippen LogP contribution in [0.4, 0.5) is 23.7 Å². The average molecular weight is 474 g/mol. The number of nitrogens with zero attached hydrogens (tertiary/aromatic N) is 4. The Balaban J connectivity index is 0.00000103. The molecule has 2 amide bonds. The van der Waals surface area contributed by atoms with Crippen LogP contribution >= 0.6 is 0 Å². The molecule has 3 aromatic heterocycles. The van der Waals surface area contributed by atoms with E-state index in [0.29, 0.717) is 5.69 Å². The molecular formula is C22H21F3N6O3. The lowest BCUT2D eigenvalue weighted by Gasteiger charge is -2.11. The molecule has 34 heavy (non-hydrogen) atoms. The Hall–Kier alpha value is -4.35. The normalized spacial score (nSPS) is 11.0. The zero-order chi connectivity index (χ0) is 24.9. The molecule has 178 valence electrons. The molecule has 0 aliphatic heterocycles. The van der Waals surface area contributed by atoms with Crippen LogP contribution in [0.3, 0.4) is 0 Å². The zero-order valence-corrected chi connectivity index (χ0v) is 18.2. The number of imidazole rings is 1. The standard InChI is InChI=1S/C21H19F3N6O.CH2O2/c1-13-8-17(29(2)28-13)15-6-7-30-18(11-25-19(30)10-15)14-4-3-5-16(9-14)27-20(31)26-12-21(22,23)24;2-1-3/h3-11H,12H2,1-2H3,(H2,26,27,31);1H,(H,2,3). The van der Waals surface area contributed by atoms with Crippen molar-refractivity contribution in [2.24, 2.45) is 7.05 Å². The van der Waals surface area contributed by atoms with E-state index < -0.39 is 18.8 Å². The number of alkyl halides is 3. The molecule has 3 heterocycles. The van der Waals surface area contributed by atoms with E-state index in [2.05, 4.69) is 15.4 Å². The zero-order valence-electron chi connectivity index (χ0n) is 18.2.